The van der Waals surface area contributed by atoms with E-state index in [-0.39, 0.29) is 31.1 Å². The third-order valence-corrected chi connectivity index (χ3v) is 5.43. The number of nitrogens with zero attached hydrogens (tertiary/aromatic N) is 1. The van der Waals surface area contributed by atoms with Crippen LogP contribution in [-0.2, 0) is 25.5 Å². The van der Waals surface area contributed by atoms with Gasteiger partial charge in [0, 0.05) is 42.5 Å². The molecule has 0 aliphatic rings. The highest BCUT2D eigenvalue weighted by atomic mass is 16.5. The Morgan fingerprint density at radius 1 is 1.10 bits per heavy atom. The van der Waals surface area contributed by atoms with Gasteiger partial charge < -0.3 is 14.6 Å². The lowest BCUT2D eigenvalue weighted by Gasteiger charge is -2.28. The summed E-state index contributed by atoms with van der Waals surface area (Å²) >= 11 is 0. The standard InChI is InChI=1S/C24H32N2O5/c1-5-8-16(3)26(13-6-2)24(30)23(29)20-15-25-22-17(9-7-10-19(20)22)14-18(27)11-12-21(28)31-4/h7,9-10,15-16,25H,5-6,8,11-14H2,1-4H3/t16-/m1/s1. The molecule has 1 N–H and O–H groups in total. The predicted octanol–water partition coefficient (Wildman–Crippen LogP) is 3.84. The summed E-state index contributed by atoms with van der Waals surface area (Å²) in [6.45, 7) is 6.55. The van der Waals surface area contributed by atoms with Crippen LogP contribution in [0.5, 0.6) is 0 Å². The van der Waals surface area contributed by atoms with Gasteiger partial charge in [-0.2, -0.15) is 0 Å². The Balaban J connectivity index is 2.24. The lowest BCUT2D eigenvalue weighted by molar-refractivity contribution is -0.141. The molecule has 2 rings (SSSR count). The summed E-state index contributed by atoms with van der Waals surface area (Å²) in [4.78, 5) is 54.3. The molecule has 0 unspecified atom stereocenters. The van der Waals surface area contributed by atoms with Crippen LogP contribution in [-0.4, -0.2) is 53.0 Å². The monoisotopic (exact) mass is 428 g/mol. The summed E-state index contributed by atoms with van der Waals surface area (Å²) in [6, 6.07) is 5.34. The van der Waals surface area contributed by atoms with Gasteiger partial charge in [0.1, 0.15) is 5.78 Å². The number of nitrogens with one attached hydrogen (secondary N) is 1. The summed E-state index contributed by atoms with van der Waals surface area (Å²) in [5.41, 5.74) is 1.70. The normalized spacial score (nSPS) is 11.9. The lowest BCUT2D eigenvalue weighted by Crippen LogP contribution is -2.43. The maximum Gasteiger partial charge on any atom is 0.305 e. The largest absolute Gasteiger partial charge is 0.469 e. The van der Waals surface area contributed by atoms with E-state index in [1.54, 1.807) is 29.3 Å². The van der Waals surface area contributed by atoms with Crippen molar-refractivity contribution in [1.29, 1.82) is 0 Å². The minimum atomic E-state index is -0.545. The van der Waals surface area contributed by atoms with Crippen LogP contribution in [0.1, 0.15) is 68.8 Å². The van der Waals surface area contributed by atoms with E-state index >= 15 is 0 Å². The van der Waals surface area contributed by atoms with Crippen molar-refractivity contribution < 1.29 is 23.9 Å². The second-order valence-electron chi connectivity index (χ2n) is 7.80. The number of carbonyl (C=O) groups excluding carboxylic acids is 4. The number of methoxy groups -OCH3 is 1. The van der Waals surface area contributed by atoms with Crippen molar-refractivity contribution in [3.8, 4) is 0 Å². The zero-order valence-electron chi connectivity index (χ0n) is 18.8. The second kappa shape index (κ2) is 11.4. The highest BCUT2D eigenvalue weighted by Gasteiger charge is 2.28. The summed E-state index contributed by atoms with van der Waals surface area (Å²) < 4.78 is 4.57. The van der Waals surface area contributed by atoms with E-state index in [4.69, 9.17) is 0 Å². The van der Waals surface area contributed by atoms with E-state index in [2.05, 4.69) is 16.6 Å². The summed E-state index contributed by atoms with van der Waals surface area (Å²) in [7, 11) is 1.29. The molecule has 31 heavy (non-hydrogen) atoms. The van der Waals surface area contributed by atoms with E-state index < -0.39 is 17.7 Å². The van der Waals surface area contributed by atoms with Crippen LogP contribution in [0.4, 0.5) is 0 Å². The highest BCUT2D eigenvalue weighted by molar-refractivity contribution is 6.45. The minimum absolute atomic E-state index is 0.00500. The number of aromatic nitrogens is 1. The minimum Gasteiger partial charge on any atom is -0.469 e. The average Bonchev–Trinajstić information content (AvgIpc) is 3.20. The number of fused-ring (bicyclic) bond motifs is 1. The van der Waals surface area contributed by atoms with Crippen molar-refractivity contribution in [2.75, 3.05) is 13.7 Å². The van der Waals surface area contributed by atoms with E-state index in [1.165, 1.54) is 7.11 Å². The van der Waals surface area contributed by atoms with Gasteiger partial charge in [0.2, 0.25) is 0 Å². The predicted molar refractivity (Wildman–Crippen MR) is 119 cm³/mol. The molecule has 0 aliphatic heterocycles. The number of esters is 1. The number of amides is 1. The molecule has 0 radical (unpaired) electrons. The molecule has 0 fully saturated rings. The Morgan fingerprint density at radius 2 is 1.84 bits per heavy atom. The molecule has 0 aliphatic carbocycles. The van der Waals surface area contributed by atoms with Crippen LogP contribution < -0.4 is 0 Å². The second-order valence-corrected chi connectivity index (χ2v) is 7.80. The molecule has 1 heterocycles. The Labute approximate surface area is 183 Å². The third kappa shape index (κ3) is 6.03. The number of H-pyrrole nitrogens is 1. The number of hydrogen-bond acceptors (Lipinski definition) is 5. The average molecular weight is 429 g/mol. The van der Waals surface area contributed by atoms with Crippen molar-refractivity contribution in [3.63, 3.8) is 0 Å². The summed E-state index contributed by atoms with van der Waals surface area (Å²) in [5.74, 6) is -1.56. The number of ether oxygens (including phenoxy) is 1. The van der Waals surface area contributed by atoms with Gasteiger partial charge in [0.15, 0.2) is 0 Å². The fourth-order valence-electron chi connectivity index (χ4n) is 3.78. The third-order valence-electron chi connectivity index (χ3n) is 5.43. The van der Waals surface area contributed by atoms with Gasteiger partial charge in [-0.15, -0.1) is 0 Å². The van der Waals surface area contributed by atoms with E-state index in [9.17, 15) is 19.2 Å². The van der Waals surface area contributed by atoms with Gasteiger partial charge in [-0.05, 0) is 25.3 Å². The Kier molecular flexibility index (Phi) is 8.97. The zero-order chi connectivity index (χ0) is 23.0. The van der Waals surface area contributed by atoms with Gasteiger partial charge >= 0.3 is 5.97 Å². The molecule has 0 bridgehead atoms. The molecule has 1 atom stereocenters. The van der Waals surface area contributed by atoms with Crippen LogP contribution in [0.15, 0.2) is 24.4 Å². The fraction of sp³-hybridized carbons (Fsp3) is 0.500. The first-order valence-electron chi connectivity index (χ1n) is 10.9. The summed E-state index contributed by atoms with van der Waals surface area (Å²) in [6.07, 6.45) is 4.35. The molecule has 0 saturated carbocycles. The first-order chi connectivity index (χ1) is 14.8. The number of rotatable bonds is 12. The maximum atomic E-state index is 13.1. The first-order valence-corrected chi connectivity index (χ1v) is 10.9. The smallest absolute Gasteiger partial charge is 0.305 e. The quantitative estimate of drug-likeness (QED) is 0.315. The van der Waals surface area contributed by atoms with Gasteiger partial charge in [0.05, 0.1) is 19.1 Å². The van der Waals surface area contributed by atoms with E-state index in [0.29, 0.717) is 23.0 Å². The molecule has 168 valence electrons. The van der Waals surface area contributed by atoms with Crippen molar-refractivity contribution in [3.05, 3.63) is 35.5 Å². The lowest BCUT2D eigenvalue weighted by atomic mass is 10.0. The number of Topliss-reactive ketones (excluding diaryl/α,β-unsaturated/α-hetero) is 2. The topological polar surface area (TPSA) is 96.5 Å². The van der Waals surface area contributed by atoms with Gasteiger partial charge in [-0.3, -0.25) is 19.2 Å². The number of carbonyl (C=O) groups is 4. The van der Waals surface area contributed by atoms with Crippen molar-refractivity contribution >= 4 is 34.3 Å². The van der Waals surface area contributed by atoms with Crippen LogP contribution in [0.3, 0.4) is 0 Å². The fourth-order valence-corrected chi connectivity index (χ4v) is 3.78. The highest BCUT2D eigenvalue weighted by Crippen LogP contribution is 2.24. The molecular weight excluding hydrogens is 396 g/mol. The van der Waals surface area contributed by atoms with Crippen molar-refractivity contribution in [2.24, 2.45) is 0 Å². The molecule has 0 spiro atoms. The Bertz CT molecular complexity index is 947. The number of para-hydroxylation sites is 1. The number of benzene rings is 1. The Morgan fingerprint density at radius 3 is 2.48 bits per heavy atom. The zero-order valence-corrected chi connectivity index (χ0v) is 18.8. The first kappa shape index (κ1) is 24.3. The molecule has 1 aromatic heterocycles. The van der Waals surface area contributed by atoms with Gasteiger partial charge in [-0.25, -0.2) is 0 Å². The molecule has 7 heteroatoms. The SMILES string of the molecule is CCC[C@@H](C)N(CCC)C(=O)C(=O)c1c[nH]c2c(CC(=O)CCC(=O)OC)cccc12. The molecule has 2 aromatic rings. The van der Waals surface area contributed by atoms with Crippen LogP contribution in [0, 0.1) is 0 Å². The molecular formula is C24H32N2O5. The van der Waals surface area contributed by atoms with Gasteiger partial charge in [-0.1, -0.05) is 38.5 Å². The maximum absolute atomic E-state index is 13.1. The van der Waals surface area contributed by atoms with Crippen LogP contribution in [0.25, 0.3) is 10.9 Å². The number of aromatic amines is 1. The number of hydrogen-bond donors (Lipinski definition) is 1. The van der Waals surface area contributed by atoms with Crippen LogP contribution in [0.2, 0.25) is 0 Å². The Hall–Kier alpha value is -2.96. The number of ketones is 2. The molecule has 1 amide bonds. The molecule has 0 saturated heterocycles. The van der Waals surface area contributed by atoms with Gasteiger partial charge in [0.25, 0.3) is 11.7 Å². The van der Waals surface area contributed by atoms with E-state index in [1.807, 2.05) is 13.8 Å². The molecule has 1 aromatic carbocycles. The van der Waals surface area contributed by atoms with Crippen LogP contribution >= 0.6 is 0 Å². The summed E-state index contributed by atoms with van der Waals surface area (Å²) in [5, 5.41) is 0.621. The molecule has 7 nitrogen and oxygen atoms in total. The van der Waals surface area contributed by atoms with Crippen molar-refractivity contribution in [1.82, 2.24) is 9.88 Å². The van der Waals surface area contributed by atoms with Crippen molar-refractivity contribution in [2.45, 2.75) is 65.3 Å². The van der Waals surface area contributed by atoms with E-state index in [0.717, 1.165) is 24.8 Å².